The molecule has 0 aromatic heterocycles. The number of nitrogens with one attached hydrogen (secondary N) is 5. The number of carbonyl (C=O) groups excluding carboxylic acids is 5. The van der Waals surface area contributed by atoms with E-state index >= 15 is 0 Å². The normalized spacial score (nSPS) is 29.6. The van der Waals surface area contributed by atoms with E-state index in [1.54, 1.807) is 72.8 Å². The third-order valence-corrected chi connectivity index (χ3v) is 17.2. The molecule has 8 N–H and O–H groups in total. The molecule has 21 heteroatoms. The lowest BCUT2D eigenvalue weighted by molar-refractivity contribution is -0.143. The maximum Gasteiger partial charge on any atom is 0.407 e. The van der Waals surface area contributed by atoms with Crippen LogP contribution in [-0.2, 0) is 23.9 Å². The van der Waals surface area contributed by atoms with E-state index in [-0.39, 0.29) is 106 Å². The lowest BCUT2D eigenvalue weighted by Gasteiger charge is -2.70. The number of ether oxygens (including phenoxy) is 5. The summed E-state index contributed by atoms with van der Waals surface area (Å²) in [6, 6.07) is 20.7. The molecular weight excluding hydrogens is 1070 g/mol. The number of aliphatic hydroxyl groups excluding tert-OH is 1. The summed E-state index contributed by atoms with van der Waals surface area (Å²) in [4.78, 5) is 59.7. The third-order valence-electron chi connectivity index (χ3n) is 16.4. The van der Waals surface area contributed by atoms with Crippen LogP contribution < -0.4 is 46.5 Å². The molecule has 12 saturated carbocycles. The lowest BCUT2D eigenvalue weighted by Crippen LogP contribution is -2.84. The molecule has 17 nitrogen and oxygen atoms in total. The highest BCUT2D eigenvalue weighted by atomic mass is 35.5. The van der Waals surface area contributed by atoms with Gasteiger partial charge in [0.1, 0.15) is 17.2 Å². The molecule has 12 aliphatic carbocycles. The molecule has 5 amide bonds. The zero-order chi connectivity index (χ0) is 54.3. The monoisotopic (exact) mass is 1140 g/mol. The lowest BCUT2D eigenvalue weighted by atomic mass is 9.44. The van der Waals surface area contributed by atoms with E-state index in [0.717, 1.165) is 83.5 Å². The Kier molecular flexibility index (Phi) is 16.9. The minimum Gasteiger partial charge on any atom is -0.484 e. The fourth-order valence-corrected chi connectivity index (χ4v) is 11.6. The summed E-state index contributed by atoms with van der Waals surface area (Å²) >= 11 is 17.4. The van der Waals surface area contributed by atoms with Crippen LogP contribution in [0.15, 0.2) is 72.8 Å². The Morgan fingerprint density at radius 2 is 0.714 bits per heavy atom. The highest BCUT2D eigenvalue weighted by Crippen LogP contribution is 2.61. The van der Waals surface area contributed by atoms with Gasteiger partial charge in [-0.1, -0.05) is 55.6 Å². The Morgan fingerprint density at radius 3 is 0.948 bits per heavy atom. The van der Waals surface area contributed by atoms with Crippen LogP contribution in [0, 0.1) is 16.2 Å². The van der Waals surface area contributed by atoms with Crippen LogP contribution in [0.2, 0.25) is 15.1 Å². The standard InChI is InChI=1S/2C19H23ClN2O4.C13H15ClN2O2.C5H10O.ClH/c2*1-17(6-7-17)12-26-16(24)22-19-9-18(10-19,11-19)21-15(23)8-25-14-4-2-13(20)3-5-14;14-9-1-3-10(4-2-9)18-5-11(17)16-13-6-12(15,7-13)8-13;1-5(4-6)2-3-5;/h2*2-5H,6-12H2,1H3,(H,21,23)(H,22,24);1-4H,5-8,15H2,(H,16,17);6H,2-4H2,1H3;1H. The van der Waals surface area contributed by atoms with E-state index in [4.69, 9.17) is 69.3 Å². The first-order chi connectivity index (χ1) is 35.8. The second-order valence-electron chi connectivity index (χ2n) is 24.7. The van der Waals surface area contributed by atoms with Crippen LogP contribution >= 0.6 is 47.2 Å². The van der Waals surface area contributed by atoms with Gasteiger partial charge in [0.2, 0.25) is 0 Å². The molecule has 12 fully saturated rings. The number of halogens is 4. The first kappa shape index (κ1) is 58.2. The first-order valence-corrected chi connectivity index (χ1v) is 27.4. The SMILES string of the molecule is CC1(CO)CC1.CC1(COC(=O)NC23CC(NC(=O)COc4ccc(Cl)cc4)(C2)C3)CC1.CC1(COC(=O)NC23CC(NC(=O)COc4ccc(Cl)cc4)(C2)C3)CC1.Cl.NC12CC(NC(=O)COc3ccc(Cl)cc3)(C1)C2. The minimum atomic E-state index is -0.344. The Labute approximate surface area is 471 Å². The average Bonchev–Trinajstić information content (AvgIpc) is 4.29. The van der Waals surface area contributed by atoms with Crippen LogP contribution in [-0.4, -0.2) is 108 Å². The topological polar surface area (TPSA) is 238 Å². The summed E-state index contributed by atoms with van der Waals surface area (Å²) < 4.78 is 26.9. The zero-order valence-corrected chi connectivity index (χ0v) is 47.0. The second-order valence-corrected chi connectivity index (χ2v) is 26.0. The van der Waals surface area contributed by atoms with Crippen LogP contribution in [0.5, 0.6) is 17.2 Å². The third kappa shape index (κ3) is 15.3. The molecule has 12 aliphatic rings. The number of aliphatic hydroxyl groups is 1. The molecule has 15 rings (SSSR count). The van der Waals surface area contributed by atoms with Crippen molar-refractivity contribution in [2.75, 3.05) is 39.6 Å². The molecule has 0 aliphatic heterocycles. The van der Waals surface area contributed by atoms with Crippen molar-refractivity contribution in [2.45, 2.75) is 150 Å². The van der Waals surface area contributed by atoms with Crippen LogP contribution in [0.1, 0.15) is 117 Å². The first-order valence-electron chi connectivity index (χ1n) is 26.2. The van der Waals surface area contributed by atoms with Crippen LogP contribution in [0.25, 0.3) is 0 Å². The van der Waals surface area contributed by atoms with Crippen molar-refractivity contribution in [1.82, 2.24) is 26.6 Å². The summed E-state index contributed by atoms with van der Waals surface area (Å²) in [5.74, 6) is 1.45. The van der Waals surface area contributed by atoms with E-state index < -0.39 is 0 Å². The van der Waals surface area contributed by atoms with Gasteiger partial charge >= 0.3 is 12.2 Å². The quantitative estimate of drug-likeness (QED) is 0.0597. The Balaban J connectivity index is 0.000000146. The van der Waals surface area contributed by atoms with Gasteiger partial charge in [0, 0.05) is 54.7 Å². The number of benzene rings is 3. The Morgan fingerprint density at radius 1 is 0.455 bits per heavy atom. The van der Waals surface area contributed by atoms with Gasteiger partial charge in [-0.25, -0.2) is 9.59 Å². The number of alkyl carbamates (subject to hydrolysis) is 2. The fraction of sp³-hybridized carbons (Fsp3) is 0.589. The van der Waals surface area contributed by atoms with E-state index in [1.165, 1.54) is 12.8 Å². The molecule has 3 aromatic rings. The van der Waals surface area contributed by atoms with E-state index in [1.807, 2.05) is 0 Å². The summed E-state index contributed by atoms with van der Waals surface area (Å²) in [5, 5.41) is 25.3. The molecule has 77 heavy (non-hydrogen) atoms. The van der Waals surface area contributed by atoms with Crippen molar-refractivity contribution in [3.8, 4) is 17.2 Å². The van der Waals surface area contributed by atoms with Gasteiger partial charge in [-0.15, -0.1) is 12.4 Å². The van der Waals surface area contributed by atoms with Crippen molar-refractivity contribution in [3.63, 3.8) is 0 Å². The van der Waals surface area contributed by atoms with Gasteiger partial charge in [0.05, 0.1) is 24.3 Å². The molecule has 0 atom stereocenters. The second kappa shape index (κ2) is 22.3. The van der Waals surface area contributed by atoms with E-state index in [9.17, 15) is 24.0 Å². The smallest absolute Gasteiger partial charge is 0.407 e. The number of carbonyl (C=O) groups is 5. The molecule has 0 heterocycles. The predicted molar refractivity (Wildman–Crippen MR) is 293 cm³/mol. The van der Waals surface area contributed by atoms with Gasteiger partial charge < -0.3 is 61.1 Å². The van der Waals surface area contributed by atoms with Crippen molar-refractivity contribution in [3.05, 3.63) is 87.9 Å². The average molecular weight is 1150 g/mol. The van der Waals surface area contributed by atoms with E-state index in [2.05, 4.69) is 47.4 Å². The molecule has 0 spiro atoms. The van der Waals surface area contributed by atoms with Crippen LogP contribution in [0.3, 0.4) is 0 Å². The molecule has 0 unspecified atom stereocenters. The highest BCUT2D eigenvalue weighted by molar-refractivity contribution is 6.31. The highest BCUT2D eigenvalue weighted by Gasteiger charge is 2.71. The van der Waals surface area contributed by atoms with Crippen LogP contribution in [0.4, 0.5) is 9.59 Å². The maximum absolute atomic E-state index is 12.1. The van der Waals surface area contributed by atoms with Gasteiger partial charge in [-0.3, -0.25) is 14.4 Å². The van der Waals surface area contributed by atoms with Crippen molar-refractivity contribution < 1.29 is 52.8 Å². The fourth-order valence-electron chi connectivity index (χ4n) is 11.2. The van der Waals surface area contributed by atoms with Crippen molar-refractivity contribution in [1.29, 1.82) is 0 Å². The predicted octanol–water partition coefficient (Wildman–Crippen LogP) is 8.74. The number of rotatable bonds is 19. The summed E-state index contributed by atoms with van der Waals surface area (Å²) in [5.41, 5.74) is 5.83. The minimum absolute atomic E-state index is 0. The van der Waals surface area contributed by atoms with Gasteiger partial charge in [-0.2, -0.15) is 0 Å². The summed E-state index contributed by atoms with van der Waals surface area (Å²) in [6.45, 7) is 7.66. The molecule has 0 radical (unpaired) electrons. The Hall–Kier alpha value is -4.91. The van der Waals surface area contributed by atoms with Gasteiger partial charge in [0.25, 0.3) is 17.7 Å². The number of hydrogen-bond donors (Lipinski definition) is 7. The van der Waals surface area contributed by atoms with E-state index in [0.29, 0.717) is 57.6 Å². The maximum atomic E-state index is 12.1. The number of nitrogens with two attached hydrogens (primary N) is 1. The number of amides is 5. The summed E-state index contributed by atoms with van der Waals surface area (Å²) in [6.07, 6.45) is 13.4. The molecule has 0 saturated heterocycles. The summed E-state index contributed by atoms with van der Waals surface area (Å²) in [7, 11) is 0. The molecule has 6 bridgehead atoms. The molecular formula is C56H72Cl4N6O11. The number of hydrogen-bond acceptors (Lipinski definition) is 12. The van der Waals surface area contributed by atoms with Gasteiger partial charge in [-0.05, 0) is 175 Å². The molecule has 3 aromatic carbocycles. The zero-order valence-electron chi connectivity index (χ0n) is 43.9. The largest absolute Gasteiger partial charge is 0.484 e. The Bertz CT molecular complexity index is 2460. The van der Waals surface area contributed by atoms with Gasteiger partial charge in [0.15, 0.2) is 19.8 Å². The van der Waals surface area contributed by atoms with Crippen molar-refractivity contribution in [2.24, 2.45) is 22.0 Å². The van der Waals surface area contributed by atoms with Crippen molar-refractivity contribution >= 4 is 77.1 Å². The molecule has 420 valence electrons.